The van der Waals surface area contributed by atoms with Gasteiger partial charge in [-0.3, -0.25) is 0 Å². The van der Waals surface area contributed by atoms with Gasteiger partial charge in [-0.1, -0.05) is 18.1 Å². The van der Waals surface area contributed by atoms with E-state index in [0.29, 0.717) is 0 Å². The van der Waals surface area contributed by atoms with Crippen LogP contribution in [0.4, 0.5) is 5.69 Å². The minimum Gasteiger partial charge on any atom is -0.372 e. The third-order valence-corrected chi connectivity index (χ3v) is 8.67. The Morgan fingerprint density at radius 1 is 0.811 bits per heavy atom. The summed E-state index contributed by atoms with van der Waals surface area (Å²) in [5.41, 5.74) is 6.28. The van der Waals surface area contributed by atoms with Gasteiger partial charge in [0.2, 0.25) is 0 Å². The molecular formula is C33H35N2S2+. The molecule has 0 atom stereocenters. The largest absolute Gasteiger partial charge is 0.372 e. The highest BCUT2D eigenvalue weighted by molar-refractivity contribution is 7.14. The second-order valence-electron chi connectivity index (χ2n) is 8.70. The topological polar surface area (TPSA) is 6.25 Å². The monoisotopic (exact) mass is 523 g/mol. The van der Waals surface area contributed by atoms with Crippen LogP contribution >= 0.6 is 22.7 Å². The first-order valence-electron chi connectivity index (χ1n) is 13.0. The maximum absolute atomic E-state index is 5.53. The molecule has 37 heavy (non-hydrogen) atoms. The van der Waals surface area contributed by atoms with E-state index in [1.165, 1.54) is 42.7 Å². The van der Waals surface area contributed by atoms with Gasteiger partial charge in [-0.05, 0) is 99.5 Å². The second kappa shape index (κ2) is 12.7. The minimum atomic E-state index is 0.962. The van der Waals surface area contributed by atoms with Gasteiger partial charge in [-0.15, -0.1) is 29.1 Å². The Bertz CT molecular complexity index is 1390. The Balaban J connectivity index is 1.73. The molecule has 0 bridgehead atoms. The van der Waals surface area contributed by atoms with Crippen LogP contribution in [0.1, 0.15) is 52.8 Å². The number of benzene rings is 1. The van der Waals surface area contributed by atoms with Gasteiger partial charge >= 0.3 is 0 Å². The van der Waals surface area contributed by atoms with Crippen molar-refractivity contribution in [3.05, 3.63) is 103 Å². The van der Waals surface area contributed by atoms with Crippen LogP contribution in [0.25, 0.3) is 17.7 Å². The molecule has 1 aliphatic rings. The second-order valence-corrected chi connectivity index (χ2v) is 10.9. The van der Waals surface area contributed by atoms with E-state index in [4.69, 9.17) is 6.42 Å². The van der Waals surface area contributed by atoms with Crippen LogP contribution in [0, 0.1) is 12.3 Å². The number of terminal acetylenes is 1. The van der Waals surface area contributed by atoms with Crippen LogP contribution in [0.15, 0.2) is 78.4 Å². The van der Waals surface area contributed by atoms with Gasteiger partial charge in [0.25, 0.3) is 0 Å². The van der Waals surface area contributed by atoms with Crippen LogP contribution in [0.5, 0.6) is 0 Å². The Morgan fingerprint density at radius 3 is 2.00 bits per heavy atom. The molecule has 0 unspecified atom stereocenters. The van der Waals surface area contributed by atoms with Gasteiger partial charge in [0, 0.05) is 51.1 Å². The predicted molar refractivity (Wildman–Crippen MR) is 166 cm³/mol. The van der Waals surface area contributed by atoms with Crippen molar-refractivity contribution in [2.75, 3.05) is 31.1 Å². The van der Waals surface area contributed by atoms with Crippen molar-refractivity contribution in [2.45, 2.75) is 27.7 Å². The number of nitrogens with zero attached hydrogens (tertiary/aromatic N) is 2. The smallest absolute Gasteiger partial charge is 0.199 e. The van der Waals surface area contributed by atoms with Crippen LogP contribution in [0.3, 0.4) is 0 Å². The lowest BCUT2D eigenvalue weighted by molar-refractivity contribution is -0.519. The summed E-state index contributed by atoms with van der Waals surface area (Å²) in [6.07, 6.45) is 18.9. The summed E-state index contributed by atoms with van der Waals surface area (Å²) in [7, 11) is 0. The number of hydrogen-bond acceptors (Lipinski definition) is 3. The Labute approximate surface area is 230 Å². The zero-order chi connectivity index (χ0) is 26.2. The molecule has 188 valence electrons. The van der Waals surface area contributed by atoms with Crippen molar-refractivity contribution in [2.24, 2.45) is 0 Å². The molecule has 2 aromatic heterocycles. The van der Waals surface area contributed by atoms with Crippen LogP contribution in [0.2, 0.25) is 0 Å². The van der Waals surface area contributed by atoms with Gasteiger partial charge in [0.1, 0.15) is 13.1 Å². The van der Waals surface area contributed by atoms with Gasteiger partial charge in [0.05, 0.1) is 4.88 Å². The Hall–Kier alpha value is -3.39. The molecule has 0 radical (unpaired) electrons. The van der Waals surface area contributed by atoms with E-state index < -0.39 is 0 Å². The fourth-order valence-corrected chi connectivity index (χ4v) is 6.29. The Kier molecular flexibility index (Phi) is 9.17. The lowest BCUT2D eigenvalue weighted by Crippen LogP contribution is -2.21. The summed E-state index contributed by atoms with van der Waals surface area (Å²) < 4.78 is 2.38. The van der Waals surface area contributed by atoms with Crippen molar-refractivity contribution >= 4 is 51.8 Å². The van der Waals surface area contributed by atoms with Crippen LogP contribution < -0.4 is 4.90 Å². The van der Waals surface area contributed by atoms with E-state index in [0.717, 1.165) is 31.1 Å². The molecule has 0 fully saturated rings. The maximum Gasteiger partial charge on any atom is 0.199 e. The number of hydrogen-bond donors (Lipinski definition) is 0. The standard InChI is InChI=1S/C33H35N2S2/c1-6-29-19-20-30(36-29)21-22-31-23-24-32(37-31)33(25-11-15-27(16-12-25)34(7-2)8-3)26-13-17-28(18-14-26)35(9-4)10-5/h1,11-24H,7-10H2,2-5H3/q+1/b22-21+. The normalized spacial score (nSPS) is 12.8. The quantitative estimate of drug-likeness (QED) is 0.202. The van der Waals surface area contributed by atoms with E-state index in [1.54, 1.807) is 11.3 Å². The molecule has 0 saturated carbocycles. The lowest BCUT2D eigenvalue weighted by Gasteiger charge is -2.21. The molecule has 4 rings (SSSR count). The van der Waals surface area contributed by atoms with E-state index in [1.807, 2.05) is 17.4 Å². The minimum absolute atomic E-state index is 0.962. The first kappa shape index (κ1) is 26.7. The molecule has 0 amide bonds. The fraction of sp³-hybridized carbons (Fsp3) is 0.242. The molecule has 2 heterocycles. The highest BCUT2D eigenvalue weighted by Gasteiger charge is 2.16. The molecule has 0 spiro atoms. The van der Waals surface area contributed by atoms with E-state index in [2.05, 4.69) is 122 Å². The van der Waals surface area contributed by atoms with Gasteiger partial charge in [-0.2, -0.15) is 0 Å². The van der Waals surface area contributed by atoms with E-state index >= 15 is 0 Å². The van der Waals surface area contributed by atoms with Gasteiger partial charge in [0.15, 0.2) is 5.71 Å². The molecule has 0 saturated heterocycles. The first-order valence-corrected chi connectivity index (χ1v) is 14.7. The molecule has 1 aliphatic carbocycles. The molecule has 0 N–H and O–H groups in total. The summed E-state index contributed by atoms with van der Waals surface area (Å²) >= 11 is 3.46. The van der Waals surface area contributed by atoms with Gasteiger partial charge in [-0.25, -0.2) is 4.58 Å². The summed E-state index contributed by atoms with van der Waals surface area (Å²) in [6, 6.07) is 17.6. The number of rotatable bonds is 9. The highest BCUT2D eigenvalue weighted by Crippen LogP contribution is 2.35. The predicted octanol–water partition coefficient (Wildman–Crippen LogP) is 8.23. The number of anilines is 1. The maximum atomic E-state index is 5.53. The molecule has 3 aromatic rings. The highest BCUT2D eigenvalue weighted by atomic mass is 32.1. The third-order valence-electron chi connectivity index (χ3n) is 6.62. The van der Waals surface area contributed by atoms with Crippen molar-refractivity contribution in [3.63, 3.8) is 0 Å². The van der Waals surface area contributed by atoms with Crippen molar-refractivity contribution in [1.82, 2.24) is 0 Å². The van der Waals surface area contributed by atoms with Crippen molar-refractivity contribution in [3.8, 4) is 12.3 Å². The molecule has 0 aliphatic heterocycles. The van der Waals surface area contributed by atoms with Gasteiger partial charge < -0.3 is 4.90 Å². The van der Waals surface area contributed by atoms with Crippen molar-refractivity contribution < 1.29 is 4.58 Å². The number of thiophene rings is 2. The zero-order valence-electron chi connectivity index (χ0n) is 22.2. The van der Waals surface area contributed by atoms with Crippen LogP contribution in [-0.2, 0) is 0 Å². The molecule has 2 nitrogen and oxygen atoms in total. The van der Waals surface area contributed by atoms with Crippen LogP contribution in [-0.4, -0.2) is 36.5 Å². The summed E-state index contributed by atoms with van der Waals surface area (Å²) in [6.45, 7) is 12.8. The zero-order valence-corrected chi connectivity index (χ0v) is 23.8. The average molecular weight is 524 g/mol. The average Bonchev–Trinajstić information content (AvgIpc) is 3.60. The Morgan fingerprint density at radius 2 is 1.43 bits per heavy atom. The molecular weight excluding hydrogens is 489 g/mol. The summed E-state index contributed by atoms with van der Waals surface area (Å²) in [4.78, 5) is 7.01. The SMILES string of the molecule is C#Cc1ccc(/C=C/c2ccc(C(=C3C=CC(=[N+](CC)CC)C=C3)c3ccc(N(CC)CC)cc3)s2)s1. The summed E-state index contributed by atoms with van der Waals surface area (Å²) in [5.74, 6) is 2.72. The van der Waals surface area contributed by atoms with E-state index in [9.17, 15) is 0 Å². The fourth-order valence-electron chi connectivity index (χ4n) is 4.57. The lowest BCUT2D eigenvalue weighted by atomic mass is 9.95. The molecule has 4 heteroatoms. The van der Waals surface area contributed by atoms with E-state index in [-0.39, 0.29) is 0 Å². The summed E-state index contributed by atoms with van der Waals surface area (Å²) in [5, 5.41) is 0. The molecule has 1 aromatic carbocycles. The third kappa shape index (κ3) is 6.31. The number of allylic oxidation sites excluding steroid dienone is 5. The first-order chi connectivity index (χ1) is 18.1. The van der Waals surface area contributed by atoms with Crippen molar-refractivity contribution in [1.29, 1.82) is 0 Å².